The zero-order chi connectivity index (χ0) is 14.5. The molecule has 1 rings (SSSR count). The van der Waals surface area contributed by atoms with Crippen molar-refractivity contribution in [3.05, 3.63) is 22.7 Å². The standard InChI is InChI=1S/C14H26N4O/c1-11(2)18-9-8-16-12(13(18)19)17-10-14(3,4)6-5-7-15/h8-9,11H,5-7,10,15H2,1-4H3,(H,16,17). The summed E-state index contributed by atoms with van der Waals surface area (Å²) in [6.07, 6.45) is 5.41. The van der Waals surface area contributed by atoms with Crippen LogP contribution in [0, 0.1) is 5.41 Å². The largest absolute Gasteiger partial charge is 0.365 e. The molecule has 3 N–H and O–H groups in total. The summed E-state index contributed by atoms with van der Waals surface area (Å²) in [5.41, 5.74) is 5.57. The highest BCUT2D eigenvalue weighted by Crippen LogP contribution is 2.21. The van der Waals surface area contributed by atoms with Crippen LogP contribution in [0.4, 0.5) is 5.82 Å². The fourth-order valence-corrected chi connectivity index (χ4v) is 1.94. The maximum atomic E-state index is 12.2. The molecule has 0 spiro atoms. The van der Waals surface area contributed by atoms with E-state index in [9.17, 15) is 4.79 Å². The first kappa shape index (κ1) is 15.7. The number of hydrogen-bond acceptors (Lipinski definition) is 4. The average Bonchev–Trinajstić information content (AvgIpc) is 2.35. The van der Waals surface area contributed by atoms with Crippen molar-refractivity contribution in [2.75, 3.05) is 18.4 Å². The van der Waals surface area contributed by atoms with E-state index in [2.05, 4.69) is 24.1 Å². The molecule has 0 aliphatic heterocycles. The van der Waals surface area contributed by atoms with Gasteiger partial charge in [0.15, 0.2) is 5.82 Å². The Balaban J connectivity index is 2.73. The third-order valence-corrected chi connectivity index (χ3v) is 3.22. The molecule has 0 fully saturated rings. The van der Waals surface area contributed by atoms with Crippen LogP contribution in [-0.2, 0) is 0 Å². The summed E-state index contributed by atoms with van der Waals surface area (Å²) in [4.78, 5) is 16.3. The highest BCUT2D eigenvalue weighted by Gasteiger charge is 2.18. The van der Waals surface area contributed by atoms with Crippen molar-refractivity contribution < 1.29 is 0 Å². The molecular weight excluding hydrogens is 240 g/mol. The lowest BCUT2D eigenvalue weighted by molar-refractivity contribution is 0.349. The monoisotopic (exact) mass is 266 g/mol. The molecule has 1 aromatic rings. The van der Waals surface area contributed by atoms with Gasteiger partial charge in [0.25, 0.3) is 5.56 Å². The van der Waals surface area contributed by atoms with Crippen molar-refractivity contribution in [3.8, 4) is 0 Å². The lowest BCUT2D eigenvalue weighted by Crippen LogP contribution is -2.30. The van der Waals surface area contributed by atoms with E-state index in [1.807, 2.05) is 13.8 Å². The Kier molecular flexibility index (Phi) is 5.54. The van der Waals surface area contributed by atoms with E-state index in [1.165, 1.54) is 0 Å². The molecule has 1 aromatic heterocycles. The minimum atomic E-state index is -0.0628. The minimum Gasteiger partial charge on any atom is -0.365 e. The molecular formula is C14H26N4O. The Bertz CT molecular complexity index is 451. The molecule has 5 heteroatoms. The van der Waals surface area contributed by atoms with Gasteiger partial charge < -0.3 is 15.6 Å². The van der Waals surface area contributed by atoms with Crippen LogP contribution in [0.2, 0.25) is 0 Å². The van der Waals surface area contributed by atoms with E-state index in [4.69, 9.17) is 5.73 Å². The Morgan fingerprint density at radius 2 is 2.16 bits per heavy atom. The average molecular weight is 266 g/mol. The highest BCUT2D eigenvalue weighted by atomic mass is 16.1. The molecule has 0 atom stereocenters. The van der Waals surface area contributed by atoms with Crippen LogP contribution >= 0.6 is 0 Å². The maximum Gasteiger partial charge on any atom is 0.293 e. The first-order valence-corrected chi connectivity index (χ1v) is 6.88. The third kappa shape index (κ3) is 4.67. The summed E-state index contributed by atoms with van der Waals surface area (Å²) in [7, 11) is 0. The second-order valence-electron chi connectivity index (χ2n) is 5.99. The zero-order valence-electron chi connectivity index (χ0n) is 12.4. The first-order valence-electron chi connectivity index (χ1n) is 6.88. The van der Waals surface area contributed by atoms with Crippen molar-refractivity contribution in [2.45, 2.75) is 46.6 Å². The third-order valence-electron chi connectivity index (χ3n) is 3.22. The topological polar surface area (TPSA) is 72.9 Å². The number of nitrogens with one attached hydrogen (secondary N) is 1. The van der Waals surface area contributed by atoms with Crippen LogP contribution in [0.15, 0.2) is 17.2 Å². The van der Waals surface area contributed by atoms with Crippen LogP contribution in [-0.4, -0.2) is 22.6 Å². The van der Waals surface area contributed by atoms with Crippen LogP contribution in [0.3, 0.4) is 0 Å². The van der Waals surface area contributed by atoms with E-state index >= 15 is 0 Å². The molecule has 0 amide bonds. The number of hydrogen-bond donors (Lipinski definition) is 2. The first-order chi connectivity index (χ1) is 8.87. The van der Waals surface area contributed by atoms with Gasteiger partial charge in [-0.25, -0.2) is 4.98 Å². The molecule has 108 valence electrons. The molecule has 5 nitrogen and oxygen atoms in total. The van der Waals surface area contributed by atoms with Crippen LogP contribution in [0.25, 0.3) is 0 Å². The van der Waals surface area contributed by atoms with Crippen molar-refractivity contribution in [3.63, 3.8) is 0 Å². The predicted molar refractivity (Wildman–Crippen MR) is 79.4 cm³/mol. The van der Waals surface area contributed by atoms with Gasteiger partial charge in [-0.2, -0.15) is 0 Å². The van der Waals surface area contributed by atoms with Gasteiger partial charge in [0.1, 0.15) is 0 Å². The fourth-order valence-electron chi connectivity index (χ4n) is 1.94. The zero-order valence-corrected chi connectivity index (χ0v) is 12.4. The maximum absolute atomic E-state index is 12.2. The molecule has 0 radical (unpaired) electrons. The number of anilines is 1. The molecule has 0 saturated heterocycles. The van der Waals surface area contributed by atoms with Gasteiger partial charge >= 0.3 is 0 Å². The number of nitrogens with two attached hydrogens (primary N) is 1. The highest BCUT2D eigenvalue weighted by molar-refractivity contribution is 5.31. The number of nitrogens with zero attached hydrogens (tertiary/aromatic N) is 2. The van der Waals surface area contributed by atoms with E-state index < -0.39 is 0 Å². The van der Waals surface area contributed by atoms with Crippen LogP contribution < -0.4 is 16.6 Å². The summed E-state index contributed by atoms with van der Waals surface area (Å²) in [6.45, 7) is 9.72. The molecule has 19 heavy (non-hydrogen) atoms. The van der Waals surface area contributed by atoms with E-state index in [1.54, 1.807) is 17.0 Å². The van der Waals surface area contributed by atoms with Gasteiger partial charge in [0, 0.05) is 25.0 Å². The van der Waals surface area contributed by atoms with Crippen LogP contribution in [0.1, 0.15) is 46.6 Å². The van der Waals surface area contributed by atoms with Gasteiger partial charge in [-0.15, -0.1) is 0 Å². The van der Waals surface area contributed by atoms with Crippen molar-refractivity contribution in [2.24, 2.45) is 11.1 Å². The van der Waals surface area contributed by atoms with Crippen molar-refractivity contribution >= 4 is 5.82 Å². The summed E-state index contributed by atoms with van der Waals surface area (Å²) in [6, 6.07) is 0.140. The van der Waals surface area contributed by atoms with Crippen molar-refractivity contribution in [1.29, 1.82) is 0 Å². The Morgan fingerprint density at radius 3 is 2.74 bits per heavy atom. The number of rotatable bonds is 7. The predicted octanol–water partition coefficient (Wildman–Crippen LogP) is 2.00. The molecule has 0 aromatic carbocycles. The van der Waals surface area contributed by atoms with Gasteiger partial charge in [-0.3, -0.25) is 4.79 Å². The normalized spacial score (nSPS) is 11.9. The molecule has 0 bridgehead atoms. The summed E-state index contributed by atoms with van der Waals surface area (Å²) in [5, 5.41) is 3.17. The van der Waals surface area contributed by atoms with Gasteiger partial charge in [0.05, 0.1) is 0 Å². The number of aromatic nitrogens is 2. The second kappa shape index (κ2) is 6.70. The SMILES string of the molecule is CC(C)n1ccnc(NCC(C)(C)CCCN)c1=O. The van der Waals surface area contributed by atoms with Gasteiger partial charge in [-0.1, -0.05) is 13.8 Å². The van der Waals surface area contributed by atoms with Gasteiger partial charge in [-0.05, 0) is 38.6 Å². The molecule has 0 saturated carbocycles. The van der Waals surface area contributed by atoms with Crippen LogP contribution in [0.5, 0.6) is 0 Å². The molecule has 0 aliphatic carbocycles. The lowest BCUT2D eigenvalue weighted by Gasteiger charge is -2.25. The molecule has 0 aliphatic rings. The van der Waals surface area contributed by atoms with Gasteiger partial charge in [0.2, 0.25) is 0 Å². The Hall–Kier alpha value is -1.36. The Morgan fingerprint density at radius 1 is 1.47 bits per heavy atom. The van der Waals surface area contributed by atoms with E-state index in [-0.39, 0.29) is 17.0 Å². The van der Waals surface area contributed by atoms with E-state index in [0.29, 0.717) is 12.4 Å². The van der Waals surface area contributed by atoms with E-state index in [0.717, 1.165) is 19.4 Å². The summed E-state index contributed by atoms with van der Waals surface area (Å²) in [5.74, 6) is 0.428. The van der Waals surface area contributed by atoms with Crippen molar-refractivity contribution in [1.82, 2.24) is 9.55 Å². The second-order valence-corrected chi connectivity index (χ2v) is 5.99. The smallest absolute Gasteiger partial charge is 0.293 e. The summed E-state index contributed by atoms with van der Waals surface area (Å²) >= 11 is 0. The Labute approximate surface area is 115 Å². The fraction of sp³-hybridized carbons (Fsp3) is 0.714. The minimum absolute atomic E-state index is 0.0628. The summed E-state index contributed by atoms with van der Waals surface area (Å²) < 4.78 is 1.68. The molecule has 1 heterocycles. The quantitative estimate of drug-likeness (QED) is 0.791. The molecule has 0 unspecified atom stereocenters. The lowest BCUT2D eigenvalue weighted by atomic mass is 9.88.